The van der Waals surface area contributed by atoms with Gasteiger partial charge >= 0.3 is 0 Å². The van der Waals surface area contributed by atoms with Gasteiger partial charge in [0.1, 0.15) is 22.9 Å². The number of hydrogen-bond donors (Lipinski definition) is 0. The molecule has 5 rings (SSSR count). The van der Waals surface area contributed by atoms with Gasteiger partial charge in [-0.3, -0.25) is 0 Å². The van der Waals surface area contributed by atoms with Crippen LogP contribution in [0.15, 0.2) is 65.1 Å². The maximum atomic E-state index is 6.05. The Balaban J connectivity index is 1.85. The number of hydrogen-bond acceptors (Lipinski definition) is 2. The van der Waals surface area contributed by atoms with E-state index < -0.39 is 0 Å². The molecule has 0 aliphatic carbocycles. The van der Waals surface area contributed by atoms with Crippen molar-refractivity contribution < 1.29 is 8.98 Å². The summed E-state index contributed by atoms with van der Waals surface area (Å²) >= 11 is 1.84. The molecule has 0 spiro atoms. The predicted octanol–water partition coefficient (Wildman–Crippen LogP) is 5.60. The maximum Gasteiger partial charge on any atom is 0.270 e. The molecule has 0 fully saturated rings. The van der Waals surface area contributed by atoms with Gasteiger partial charge in [0.25, 0.3) is 5.01 Å². The normalized spacial score (nSPS) is 11.8. The van der Waals surface area contributed by atoms with Gasteiger partial charge in [-0.1, -0.05) is 47.7 Å². The summed E-state index contributed by atoms with van der Waals surface area (Å²) in [6.45, 7) is 2.17. The van der Waals surface area contributed by atoms with Crippen molar-refractivity contribution in [3.63, 3.8) is 0 Å². The van der Waals surface area contributed by atoms with Gasteiger partial charge in [0, 0.05) is 10.8 Å². The Morgan fingerprint density at radius 2 is 1.67 bits per heavy atom. The lowest BCUT2D eigenvalue weighted by molar-refractivity contribution is -0.629. The van der Waals surface area contributed by atoms with E-state index in [1.54, 1.807) is 0 Å². The summed E-state index contributed by atoms with van der Waals surface area (Å²) in [4.78, 5) is 0. The summed E-state index contributed by atoms with van der Waals surface area (Å²) < 4.78 is 9.61. The summed E-state index contributed by atoms with van der Waals surface area (Å²) in [6, 6.07) is 21.2. The standard InChI is InChI=1S/C21H16NOS/c1-13-7-3-4-8-14(13)21-22(2)17-12-19-16(11-20(17)24-21)15-9-5-6-10-18(15)23-19/h3-12H,1-2H3/q+1. The van der Waals surface area contributed by atoms with Gasteiger partial charge in [-0.05, 0) is 30.7 Å². The van der Waals surface area contributed by atoms with Crippen LogP contribution in [-0.4, -0.2) is 0 Å². The number of furan rings is 1. The molecule has 0 aliphatic heterocycles. The number of thiazole rings is 1. The SMILES string of the molecule is Cc1ccccc1-c1sc2cc3c(cc2[n+]1C)oc1ccccc13. The molecule has 116 valence electrons. The minimum absolute atomic E-state index is 0.951. The molecule has 0 amide bonds. The fourth-order valence-electron chi connectivity index (χ4n) is 3.42. The molecule has 2 aromatic heterocycles. The lowest BCUT2D eigenvalue weighted by atomic mass is 10.1. The quantitative estimate of drug-likeness (QED) is 0.366. The average molecular weight is 330 g/mol. The Hall–Kier alpha value is -2.65. The highest BCUT2D eigenvalue weighted by Gasteiger charge is 2.22. The van der Waals surface area contributed by atoms with Crippen LogP contribution in [0, 0.1) is 6.92 Å². The molecule has 0 saturated heterocycles. The molecule has 0 N–H and O–H groups in total. The molecule has 0 radical (unpaired) electrons. The minimum atomic E-state index is 0.951. The Morgan fingerprint density at radius 1 is 0.875 bits per heavy atom. The Morgan fingerprint density at radius 3 is 2.54 bits per heavy atom. The predicted molar refractivity (Wildman–Crippen MR) is 100 cm³/mol. The van der Waals surface area contributed by atoms with Gasteiger partial charge in [0.2, 0.25) is 5.52 Å². The van der Waals surface area contributed by atoms with Crippen LogP contribution in [0.25, 0.3) is 42.7 Å². The average Bonchev–Trinajstić information content (AvgIpc) is 3.11. The maximum absolute atomic E-state index is 6.05. The molecule has 0 bridgehead atoms. The van der Waals surface area contributed by atoms with Crippen molar-refractivity contribution in [2.24, 2.45) is 7.05 Å². The fraction of sp³-hybridized carbons (Fsp3) is 0.0952. The molecule has 2 nitrogen and oxygen atoms in total. The summed E-state index contributed by atoms with van der Waals surface area (Å²) in [5.74, 6) is 0. The van der Waals surface area contributed by atoms with Gasteiger partial charge in [0.05, 0.1) is 11.6 Å². The number of para-hydroxylation sites is 1. The first-order valence-electron chi connectivity index (χ1n) is 8.02. The van der Waals surface area contributed by atoms with Crippen molar-refractivity contribution in [1.29, 1.82) is 0 Å². The molecular formula is C21H16NOS+. The molecule has 3 heteroatoms. The second kappa shape index (κ2) is 4.92. The zero-order valence-electron chi connectivity index (χ0n) is 13.5. The molecule has 5 aromatic rings. The molecule has 0 aliphatic rings. The van der Waals surface area contributed by atoms with E-state index >= 15 is 0 Å². The van der Waals surface area contributed by atoms with Crippen LogP contribution in [-0.2, 0) is 7.05 Å². The van der Waals surface area contributed by atoms with E-state index in [4.69, 9.17) is 4.42 Å². The van der Waals surface area contributed by atoms with E-state index in [1.807, 2.05) is 23.5 Å². The Labute approximate surface area is 143 Å². The molecule has 24 heavy (non-hydrogen) atoms. The zero-order valence-corrected chi connectivity index (χ0v) is 14.4. The first-order chi connectivity index (χ1) is 11.7. The molecule has 0 unspecified atom stereocenters. The topological polar surface area (TPSA) is 17.0 Å². The number of fused-ring (bicyclic) bond motifs is 4. The monoisotopic (exact) mass is 330 g/mol. The van der Waals surface area contributed by atoms with Crippen LogP contribution in [0.4, 0.5) is 0 Å². The van der Waals surface area contributed by atoms with Crippen LogP contribution in [0.3, 0.4) is 0 Å². The van der Waals surface area contributed by atoms with E-state index in [2.05, 4.69) is 67.1 Å². The van der Waals surface area contributed by atoms with Crippen LogP contribution >= 0.6 is 11.3 Å². The third-order valence-electron chi connectivity index (χ3n) is 4.71. The number of rotatable bonds is 1. The summed E-state index contributed by atoms with van der Waals surface area (Å²) in [7, 11) is 2.13. The highest BCUT2D eigenvalue weighted by atomic mass is 32.1. The third kappa shape index (κ3) is 1.85. The van der Waals surface area contributed by atoms with Crippen LogP contribution in [0.2, 0.25) is 0 Å². The highest BCUT2D eigenvalue weighted by Crippen LogP contribution is 2.36. The number of benzene rings is 3. The van der Waals surface area contributed by atoms with E-state index in [0.29, 0.717) is 0 Å². The second-order valence-electron chi connectivity index (χ2n) is 6.20. The van der Waals surface area contributed by atoms with Gasteiger partial charge in [-0.15, -0.1) is 0 Å². The minimum Gasteiger partial charge on any atom is -0.456 e. The molecule has 0 saturated carbocycles. The van der Waals surface area contributed by atoms with Gasteiger partial charge in [-0.25, -0.2) is 0 Å². The second-order valence-corrected chi connectivity index (χ2v) is 7.23. The summed E-state index contributed by atoms with van der Waals surface area (Å²) in [6.07, 6.45) is 0. The van der Waals surface area contributed by atoms with Crippen LogP contribution < -0.4 is 4.57 Å². The highest BCUT2D eigenvalue weighted by molar-refractivity contribution is 7.21. The van der Waals surface area contributed by atoms with Gasteiger partial charge in [-0.2, -0.15) is 4.57 Å². The van der Waals surface area contributed by atoms with E-state index in [9.17, 15) is 0 Å². The van der Waals surface area contributed by atoms with Crippen molar-refractivity contribution in [2.75, 3.05) is 0 Å². The third-order valence-corrected chi connectivity index (χ3v) is 5.94. The molecule has 2 heterocycles. The zero-order chi connectivity index (χ0) is 16.3. The fourth-order valence-corrected chi connectivity index (χ4v) is 4.67. The van der Waals surface area contributed by atoms with E-state index in [-0.39, 0.29) is 0 Å². The number of aromatic nitrogens is 1. The van der Waals surface area contributed by atoms with Crippen molar-refractivity contribution in [2.45, 2.75) is 6.92 Å². The van der Waals surface area contributed by atoms with E-state index in [1.165, 1.54) is 37.1 Å². The molecular weight excluding hydrogens is 314 g/mol. The van der Waals surface area contributed by atoms with Crippen LogP contribution in [0.1, 0.15) is 5.56 Å². The molecule has 0 atom stereocenters. The number of aryl methyl sites for hydroxylation is 2. The largest absolute Gasteiger partial charge is 0.456 e. The lowest BCUT2D eigenvalue weighted by Crippen LogP contribution is -2.28. The lowest BCUT2D eigenvalue weighted by Gasteiger charge is -1.98. The van der Waals surface area contributed by atoms with Crippen molar-refractivity contribution in [3.05, 3.63) is 66.2 Å². The van der Waals surface area contributed by atoms with Gasteiger partial charge < -0.3 is 4.42 Å². The van der Waals surface area contributed by atoms with E-state index in [0.717, 1.165) is 11.2 Å². The first kappa shape index (κ1) is 13.8. The van der Waals surface area contributed by atoms with Crippen LogP contribution in [0.5, 0.6) is 0 Å². The van der Waals surface area contributed by atoms with Crippen molar-refractivity contribution in [3.8, 4) is 10.6 Å². The Kier molecular flexibility index (Phi) is 2.82. The summed E-state index contributed by atoms with van der Waals surface area (Å²) in [5.41, 5.74) is 5.71. The smallest absolute Gasteiger partial charge is 0.270 e. The first-order valence-corrected chi connectivity index (χ1v) is 8.84. The van der Waals surface area contributed by atoms with Crippen molar-refractivity contribution >= 4 is 43.5 Å². The number of nitrogens with zero attached hydrogens (tertiary/aromatic N) is 1. The Bertz CT molecular complexity index is 1230. The summed E-state index contributed by atoms with van der Waals surface area (Å²) in [5, 5.41) is 3.65. The van der Waals surface area contributed by atoms with Gasteiger partial charge in [0.15, 0.2) is 0 Å². The molecule has 3 aromatic carbocycles. The van der Waals surface area contributed by atoms with Crippen molar-refractivity contribution in [1.82, 2.24) is 0 Å².